The molecule has 2 fully saturated rings. The smallest absolute Gasteiger partial charge is 0.254 e. The molecule has 4 nitrogen and oxygen atoms in total. The van der Waals surface area contributed by atoms with Crippen LogP contribution in [0.1, 0.15) is 48.5 Å². The largest absolute Gasteiger partial charge is 0.380 e. The number of methoxy groups -OCH3 is 1. The molecule has 0 saturated carbocycles. The molecule has 0 bridgehead atoms. The fourth-order valence-corrected chi connectivity index (χ4v) is 4.29. The van der Waals surface area contributed by atoms with E-state index >= 15 is 0 Å². The number of carbonyl (C=O) groups is 1. The molecular weight excluding hydrogens is 288 g/mol. The first-order chi connectivity index (χ1) is 11.3. The number of hydrogen-bond donors (Lipinski definition) is 0. The standard InChI is InChI=1S/C19H28N2O2/c1-3-20-12-6-10-17(20)18-11-7-13-21(18)19(22)16-9-5-4-8-15(16)14-23-2/h4-5,8-9,17-18H,3,6-7,10-14H2,1-2H3. The Hall–Kier alpha value is -1.39. The van der Waals surface area contributed by atoms with Crippen molar-refractivity contribution >= 4 is 5.91 Å². The van der Waals surface area contributed by atoms with Gasteiger partial charge in [-0.1, -0.05) is 25.1 Å². The lowest BCUT2D eigenvalue weighted by Crippen LogP contribution is -2.48. The van der Waals surface area contributed by atoms with Crippen LogP contribution in [0.15, 0.2) is 24.3 Å². The Balaban J connectivity index is 1.81. The minimum atomic E-state index is 0.183. The van der Waals surface area contributed by atoms with Crippen LogP contribution < -0.4 is 0 Å². The number of likely N-dealkylation sites (tertiary alicyclic amines) is 2. The summed E-state index contributed by atoms with van der Waals surface area (Å²) in [4.78, 5) is 17.8. The van der Waals surface area contributed by atoms with E-state index in [0.29, 0.717) is 18.7 Å². The van der Waals surface area contributed by atoms with E-state index < -0.39 is 0 Å². The molecule has 2 aliphatic rings. The van der Waals surface area contributed by atoms with Gasteiger partial charge in [0, 0.05) is 31.3 Å². The highest BCUT2D eigenvalue weighted by atomic mass is 16.5. The van der Waals surface area contributed by atoms with E-state index in [1.54, 1.807) is 7.11 Å². The zero-order chi connectivity index (χ0) is 16.2. The van der Waals surface area contributed by atoms with Crippen molar-refractivity contribution in [1.82, 2.24) is 9.80 Å². The Kier molecular flexibility index (Phi) is 5.34. The van der Waals surface area contributed by atoms with Gasteiger partial charge >= 0.3 is 0 Å². The molecule has 3 rings (SSSR count). The minimum Gasteiger partial charge on any atom is -0.380 e. The fraction of sp³-hybridized carbons (Fsp3) is 0.632. The van der Waals surface area contributed by atoms with Crippen LogP contribution in [-0.4, -0.2) is 54.5 Å². The topological polar surface area (TPSA) is 32.8 Å². The highest BCUT2D eigenvalue weighted by Crippen LogP contribution is 2.31. The third-order valence-electron chi connectivity index (χ3n) is 5.37. The van der Waals surface area contributed by atoms with E-state index in [2.05, 4.69) is 16.7 Å². The van der Waals surface area contributed by atoms with E-state index in [0.717, 1.165) is 37.1 Å². The minimum absolute atomic E-state index is 0.183. The van der Waals surface area contributed by atoms with E-state index in [1.807, 2.05) is 24.3 Å². The third kappa shape index (κ3) is 3.29. The summed E-state index contributed by atoms with van der Waals surface area (Å²) in [6.45, 7) is 5.88. The van der Waals surface area contributed by atoms with E-state index in [4.69, 9.17) is 4.74 Å². The molecule has 23 heavy (non-hydrogen) atoms. The van der Waals surface area contributed by atoms with Crippen LogP contribution in [0, 0.1) is 0 Å². The molecule has 4 heteroatoms. The molecule has 126 valence electrons. The van der Waals surface area contributed by atoms with Crippen LogP contribution in [-0.2, 0) is 11.3 Å². The van der Waals surface area contributed by atoms with Crippen LogP contribution >= 0.6 is 0 Å². The van der Waals surface area contributed by atoms with Crippen molar-refractivity contribution in [2.45, 2.75) is 51.3 Å². The molecule has 0 N–H and O–H groups in total. The summed E-state index contributed by atoms with van der Waals surface area (Å²) >= 11 is 0. The number of carbonyl (C=O) groups excluding carboxylic acids is 1. The molecular formula is C19H28N2O2. The monoisotopic (exact) mass is 316 g/mol. The molecule has 0 spiro atoms. The molecule has 2 atom stereocenters. The van der Waals surface area contributed by atoms with Gasteiger partial charge in [-0.3, -0.25) is 9.69 Å². The Morgan fingerprint density at radius 1 is 1.17 bits per heavy atom. The Labute approximate surface area is 139 Å². The Morgan fingerprint density at radius 2 is 1.91 bits per heavy atom. The van der Waals surface area contributed by atoms with Crippen molar-refractivity contribution in [2.75, 3.05) is 26.7 Å². The lowest BCUT2D eigenvalue weighted by atomic mass is 10.0. The summed E-state index contributed by atoms with van der Waals surface area (Å²) in [5.41, 5.74) is 1.80. The van der Waals surface area contributed by atoms with Crippen molar-refractivity contribution in [2.24, 2.45) is 0 Å². The van der Waals surface area contributed by atoms with Gasteiger partial charge in [-0.2, -0.15) is 0 Å². The zero-order valence-electron chi connectivity index (χ0n) is 14.3. The van der Waals surface area contributed by atoms with E-state index in [9.17, 15) is 4.79 Å². The summed E-state index contributed by atoms with van der Waals surface area (Å²) < 4.78 is 5.26. The van der Waals surface area contributed by atoms with E-state index in [1.165, 1.54) is 19.4 Å². The first-order valence-corrected chi connectivity index (χ1v) is 8.88. The SMILES string of the molecule is CCN1CCCC1C1CCCN1C(=O)c1ccccc1COC. The number of ether oxygens (including phenoxy) is 1. The highest BCUT2D eigenvalue weighted by Gasteiger charge is 2.39. The molecule has 1 amide bonds. The fourth-order valence-electron chi connectivity index (χ4n) is 4.29. The normalized spacial score (nSPS) is 25.2. The molecule has 2 unspecified atom stereocenters. The second-order valence-electron chi connectivity index (χ2n) is 6.64. The maximum atomic E-state index is 13.2. The Bertz CT molecular complexity index is 546. The Morgan fingerprint density at radius 3 is 2.70 bits per heavy atom. The maximum absolute atomic E-state index is 13.2. The summed E-state index contributed by atoms with van der Waals surface area (Å²) in [6.07, 6.45) is 4.75. The van der Waals surface area contributed by atoms with Gasteiger partial charge in [0.15, 0.2) is 0 Å². The zero-order valence-corrected chi connectivity index (χ0v) is 14.3. The number of benzene rings is 1. The predicted molar refractivity (Wildman–Crippen MR) is 91.5 cm³/mol. The molecule has 2 saturated heterocycles. The molecule has 2 heterocycles. The predicted octanol–water partition coefficient (Wildman–Crippen LogP) is 2.92. The van der Waals surface area contributed by atoms with Crippen molar-refractivity contribution in [3.05, 3.63) is 35.4 Å². The molecule has 0 aromatic heterocycles. The molecule has 0 aliphatic carbocycles. The number of likely N-dealkylation sites (N-methyl/N-ethyl adjacent to an activating group) is 1. The maximum Gasteiger partial charge on any atom is 0.254 e. The quantitative estimate of drug-likeness (QED) is 0.837. The number of rotatable bonds is 5. The molecule has 1 aromatic carbocycles. The number of amides is 1. The van der Waals surface area contributed by atoms with Gasteiger partial charge in [-0.25, -0.2) is 0 Å². The van der Waals surface area contributed by atoms with Crippen molar-refractivity contribution in [1.29, 1.82) is 0 Å². The van der Waals surface area contributed by atoms with Gasteiger partial charge in [0.1, 0.15) is 0 Å². The van der Waals surface area contributed by atoms with Gasteiger partial charge < -0.3 is 9.64 Å². The molecule has 1 aromatic rings. The van der Waals surface area contributed by atoms with Crippen LogP contribution in [0.4, 0.5) is 0 Å². The number of nitrogens with zero attached hydrogens (tertiary/aromatic N) is 2. The molecule has 0 radical (unpaired) electrons. The lowest BCUT2D eigenvalue weighted by molar-refractivity contribution is 0.0645. The molecule has 2 aliphatic heterocycles. The van der Waals surface area contributed by atoms with Gasteiger partial charge in [-0.15, -0.1) is 0 Å². The van der Waals surface area contributed by atoms with Gasteiger partial charge in [-0.05, 0) is 50.4 Å². The van der Waals surface area contributed by atoms with Crippen LogP contribution in [0.5, 0.6) is 0 Å². The second-order valence-corrected chi connectivity index (χ2v) is 6.64. The van der Waals surface area contributed by atoms with Crippen LogP contribution in [0.25, 0.3) is 0 Å². The van der Waals surface area contributed by atoms with Gasteiger partial charge in [0.05, 0.1) is 6.61 Å². The lowest BCUT2D eigenvalue weighted by Gasteiger charge is -2.35. The average Bonchev–Trinajstić information content (AvgIpc) is 3.23. The van der Waals surface area contributed by atoms with Gasteiger partial charge in [0.2, 0.25) is 0 Å². The summed E-state index contributed by atoms with van der Waals surface area (Å²) in [5.74, 6) is 0.183. The van der Waals surface area contributed by atoms with E-state index in [-0.39, 0.29) is 5.91 Å². The summed E-state index contributed by atoms with van der Waals surface area (Å²) in [5, 5.41) is 0. The number of hydrogen-bond acceptors (Lipinski definition) is 3. The van der Waals surface area contributed by atoms with Crippen molar-refractivity contribution in [3.8, 4) is 0 Å². The summed E-state index contributed by atoms with van der Waals surface area (Å²) in [7, 11) is 1.68. The average molecular weight is 316 g/mol. The van der Waals surface area contributed by atoms with Crippen molar-refractivity contribution < 1.29 is 9.53 Å². The first-order valence-electron chi connectivity index (χ1n) is 8.88. The summed E-state index contributed by atoms with van der Waals surface area (Å²) in [6, 6.07) is 8.78. The second kappa shape index (κ2) is 7.45. The third-order valence-corrected chi connectivity index (χ3v) is 5.37. The van der Waals surface area contributed by atoms with Crippen molar-refractivity contribution in [3.63, 3.8) is 0 Å². The van der Waals surface area contributed by atoms with Crippen LogP contribution in [0.2, 0.25) is 0 Å². The first kappa shape index (κ1) is 16.5. The highest BCUT2D eigenvalue weighted by molar-refractivity contribution is 5.96. The van der Waals surface area contributed by atoms with Gasteiger partial charge in [0.25, 0.3) is 5.91 Å². The van der Waals surface area contributed by atoms with Crippen LogP contribution in [0.3, 0.4) is 0 Å².